The smallest absolute Gasteiger partial charge is 0.231 e. The number of nitrogens with zero attached hydrogens (tertiary/aromatic N) is 1. The highest BCUT2D eigenvalue weighted by Gasteiger charge is 2.13. The Kier molecular flexibility index (Phi) is 4.35. The number of fused-ring (bicyclic) bond motifs is 1. The average molecular weight is 344 g/mol. The van der Waals surface area contributed by atoms with E-state index in [2.05, 4.69) is 10.3 Å². The van der Waals surface area contributed by atoms with Gasteiger partial charge >= 0.3 is 0 Å². The number of nitrogens with one attached hydrogen (secondary N) is 1. The van der Waals surface area contributed by atoms with Crippen LogP contribution < -0.4 is 19.5 Å². The number of hydrogen-bond donors (Lipinski definition) is 1. The summed E-state index contributed by atoms with van der Waals surface area (Å²) in [6, 6.07) is 9.36. The molecule has 1 aliphatic heterocycles. The van der Waals surface area contributed by atoms with E-state index in [9.17, 15) is 0 Å². The van der Waals surface area contributed by atoms with Gasteiger partial charge in [0.25, 0.3) is 0 Å². The van der Waals surface area contributed by atoms with Crippen molar-refractivity contribution in [3.05, 3.63) is 47.7 Å². The lowest BCUT2D eigenvalue weighted by Gasteiger charge is -2.07. The molecule has 124 valence electrons. The van der Waals surface area contributed by atoms with Crippen LogP contribution in [-0.4, -0.2) is 24.9 Å². The van der Waals surface area contributed by atoms with Crippen molar-refractivity contribution in [2.45, 2.75) is 6.54 Å². The Morgan fingerprint density at radius 2 is 2.17 bits per heavy atom. The van der Waals surface area contributed by atoms with Crippen LogP contribution in [0.5, 0.6) is 17.2 Å². The van der Waals surface area contributed by atoms with Gasteiger partial charge in [-0.05, 0) is 24.3 Å². The fourth-order valence-electron chi connectivity index (χ4n) is 2.33. The Morgan fingerprint density at radius 1 is 1.21 bits per heavy atom. The zero-order chi connectivity index (χ0) is 16.2. The SMILES string of the molecule is c1coc(-c2nc(CNCCOc3ccc4c(c3)OCO4)cs2)c1. The third-order valence-corrected chi connectivity index (χ3v) is 4.39. The first kappa shape index (κ1) is 15.0. The molecule has 0 saturated heterocycles. The van der Waals surface area contributed by atoms with E-state index in [0.717, 1.165) is 40.3 Å². The van der Waals surface area contributed by atoms with E-state index in [1.807, 2.05) is 35.7 Å². The number of thiazole rings is 1. The van der Waals surface area contributed by atoms with Gasteiger partial charge in [0.2, 0.25) is 6.79 Å². The van der Waals surface area contributed by atoms with Gasteiger partial charge in [0.15, 0.2) is 22.3 Å². The predicted octanol–water partition coefficient (Wildman–Crippen LogP) is 3.30. The molecule has 6 nitrogen and oxygen atoms in total. The van der Waals surface area contributed by atoms with Gasteiger partial charge in [0.1, 0.15) is 12.4 Å². The summed E-state index contributed by atoms with van der Waals surface area (Å²) in [4.78, 5) is 4.54. The molecular formula is C17H16N2O4S. The monoisotopic (exact) mass is 344 g/mol. The number of benzene rings is 1. The van der Waals surface area contributed by atoms with Crippen LogP contribution in [0.2, 0.25) is 0 Å². The van der Waals surface area contributed by atoms with Crippen LogP contribution in [0, 0.1) is 0 Å². The number of furan rings is 1. The first-order valence-electron chi connectivity index (χ1n) is 7.60. The summed E-state index contributed by atoms with van der Waals surface area (Å²) in [6.45, 7) is 2.26. The number of hydrogen-bond acceptors (Lipinski definition) is 7. The summed E-state index contributed by atoms with van der Waals surface area (Å²) in [5.74, 6) is 3.07. The van der Waals surface area contributed by atoms with Crippen LogP contribution in [0.1, 0.15) is 5.69 Å². The maximum absolute atomic E-state index is 5.70. The van der Waals surface area contributed by atoms with Gasteiger partial charge in [-0.3, -0.25) is 0 Å². The number of aromatic nitrogens is 1. The molecule has 0 fully saturated rings. The summed E-state index contributed by atoms with van der Waals surface area (Å²) in [7, 11) is 0. The normalized spacial score (nSPS) is 12.5. The molecule has 0 radical (unpaired) electrons. The molecule has 1 N–H and O–H groups in total. The van der Waals surface area contributed by atoms with Crippen LogP contribution in [0.15, 0.2) is 46.4 Å². The van der Waals surface area contributed by atoms with Gasteiger partial charge < -0.3 is 23.9 Å². The van der Waals surface area contributed by atoms with E-state index in [1.54, 1.807) is 17.6 Å². The lowest BCUT2D eigenvalue weighted by molar-refractivity contribution is 0.173. The highest BCUT2D eigenvalue weighted by Crippen LogP contribution is 2.35. The fourth-order valence-corrected chi connectivity index (χ4v) is 3.11. The average Bonchev–Trinajstić information content (AvgIpc) is 3.34. The largest absolute Gasteiger partial charge is 0.492 e. The van der Waals surface area contributed by atoms with Crippen LogP contribution in [0.3, 0.4) is 0 Å². The van der Waals surface area contributed by atoms with Crippen LogP contribution in [0.25, 0.3) is 10.8 Å². The zero-order valence-corrected chi connectivity index (χ0v) is 13.7. The number of rotatable bonds is 7. The van der Waals surface area contributed by atoms with Gasteiger partial charge in [-0.1, -0.05) is 0 Å². The van der Waals surface area contributed by atoms with Gasteiger partial charge in [0.05, 0.1) is 12.0 Å². The van der Waals surface area contributed by atoms with E-state index < -0.39 is 0 Å². The topological polar surface area (TPSA) is 65.8 Å². The van der Waals surface area contributed by atoms with Crippen LogP contribution >= 0.6 is 11.3 Å². The minimum Gasteiger partial charge on any atom is -0.492 e. The summed E-state index contributed by atoms with van der Waals surface area (Å²) in [5.41, 5.74) is 0.995. The first-order chi connectivity index (χ1) is 11.9. The Morgan fingerprint density at radius 3 is 3.08 bits per heavy atom. The molecule has 2 aromatic heterocycles. The molecule has 3 heterocycles. The molecule has 0 atom stereocenters. The lowest BCUT2D eigenvalue weighted by atomic mass is 10.3. The molecule has 3 aromatic rings. The van der Waals surface area contributed by atoms with Gasteiger partial charge in [-0.25, -0.2) is 4.98 Å². The van der Waals surface area contributed by atoms with Crippen molar-refractivity contribution in [1.29, 1.82) is 0 Å². The second-order valence-corrected chi connectivity index (χ2v) is 6.02. The van der Waals surface area contributed by atoms with E-state index in [4.69, 9.17) is 18.6 Å². The second-order valence-electron chi connectivity index (χ2n) is 5.16. The first-order valence-corrected chi connectivity index (χ1v) is 8.48. The third-order valence-electron chi connectivity index (χ3n) is 3.48. The fraction of sp³-hybridized carbons (Fsp3) is 0.235. The summed E-state index contributed by atoms with van der Waals surface area (Å²) in [5, 5.41) is 6.24. The minimum atomic E-state index is 0.272. The molecule has 0 aliphatic carbocycles. The molecule has 0 unspecified atom stereocenters. The Hall–Kier alpha value is -2.51. The Balaban J connectivity index is 1.21. The molecule has 0 saturated carbocycles. The molecule has 24 heavy (non-hydrogen) atoms. The molecule has 1 aromatic carbocycles. The molecule has 0 amide bonds. The molecule has 7 heteroatoms. The molecular weight excluding hydrogens is 328 g/mol. The van der Waals surface area contributed by atoms with E-state index in [-0.39, 0.29) is 6.79 Å². The summed E-state index contributed by atoms with van der Waals surface area (Å²) >= 11 is 1.58. The van der Waals surface area contributed by atoms with E-state index in [0.29, 0.717) is 13.2 Å². The maximum Gasteiger partial charge on any atom is 0.231 e. The van der Waals surface area contributed by atoms with Gasteiger partial charge in [-0.2, -0.15) is 0 Å². The maximum atomic E-state index is 5.70. The summed E-state index contributed by atoms with van der Waals surface area (Å²) < 4.78 is 21.6. The second kappa shape index (κ2) is 6.94. The van der Waals surface area contributed by atoms with Crippen LogP contribution in [-0.2, 0) is 6.54 Å². The summed E-state index contributed by atoms with van der Waals surface area (Å²) in [6.07, 6.45) is 1.65. The van der Waals surface area contributed by atoms with Crippen molar-refractivity contribution in [3.8, 4) is 28.0 Å². The van der Waals surface area contributed by atoms with Crippen molar-refractivity contribution in [2.75, 3.05) is 19.9 Å². The third kappa shape index (κ3) is 3.37. The van der Waals surface area contributed by atoms with Crippen molar-refractivity contribution >= 4 is 11.3 Å². The molecule has 4 rings (SSSR count). The molecule has 1 aliphatic rings. The Bertz CT molecular complexity index is 801. The lowest BCUT2D eigenvalue weighted by Crippen LogP contribution is -2.20. The van der Waals surface area contributed by atoms with E-state index in [1.165, 1.54) is 0 Å². The van der Waals surface area contributed by atoms with E-state index >= 15 is 0 Å². The highest BCUT2D eigenvalue weighted by molar-refractivity contribution is 7.13. The van der Waals surface area contributed by atoms with Gasteiger partial charge in [-0.15, -0.1) is 11.3 Å². The standard InChI is InChI=1S/C17H16N2O4S/c1-2-15(21-6-1)17-19-12(10-24-17)9-18-5-7-20-13-3-4-14-16(8-13)23-11-22-14/h1-4,6,8,10,18H,5,7,9,11H2. The quantitative estimate of drug-likeness (QED) is 0.664. The van der Waals surface area contributed by atoms with Crippen molar-refractivity contribution < 1.29 is 18.6 Å². The molecule has 0 bridgehead atoms. The zero-order valence-electron chi connectivity index (χ0n) is 12.9. The van der Waals surface area contributed by atoms with Crippen LogP contribution in [0.4, 0.5) is 0 Å². The Labute approximate surface area is 143 Å². The van der Waals surface area contributed by atoms with Crippen molar-refractivity contribution in [3.63, 3.8) is 0 Å². The number of ether oxygens (including phenoxy) is 3. The minimum absolute atomic E-state index is 0.272. The van der Waals surface area contributed by atoms with Crippen molar-refractivity contribution in [2.24, 2.45) is 0 Å². The predicted molar refractivity (Wildman–Crippen MR) is 89.6 cm³/mol. The molecule has 0 spiro atoms. The van der Waals surface area contributed by atoms with Crippen molar-refractivity contribution in [1.82, 2.24) is 10.3 Å². The highest BCUT2D eigenvalue weighted by atomic mass is 32.1. The van der Waals surface area contributed by atoms with Gasteiger partial charge in [0, 0.05) is 24.5 Å².